The van der Waals surface area contributed by atoms with Crippen LogP contribution in [-0.2, 0) is 0 Å². The van der Waals surface area contributed by atoms with Crippen LogP contribution in [0.3, 0.4) is 0 Å². The monoisotopic (exact) mass is 296 g/mol. The molecule has 0 radical (unpaired) electrons. The predicted molar refractivity (Wildman–Crippen MR) is 98.9 cm³/mol. The summed E-state index contributed by atoms with van der Waals surface area (Å²) in [4.78, 5) is 0. The Morgan fingerprint density at radius 2 is 1.00 bits per heavy atom. The Balaban J connectivity index is 3.55. The molecule has 0 heteroatoms. The van der Waals surface area contributed by atoms with Gasteiger partial charge >= 0.3 is 0 Å². The molecule has 0 aliphatic heterocycles. The van der Waals surface area contributed by atoms with Crippen LogP contribution in [0.15, 0.2) is 0 Å². The third kappa shape index (κ3) is 14.7. The third-order valence-electron chi connectivity index (χ3n) is 5.00. The van der Waals surface area contributed by atoms with Gasteiger partial charge in [-0.05, 0) is 11.8 Å². The quantitative estimate of drug-likeness (QED) is 0.252. The molecule has 2 unspecified atom stereocenters. The third-order valence-corrected chi connectivity index (χ3v) is 5.00. The SMILES string of the molecule is CCCCCCCC(CCC)CCCCCC(C)CCC. The van der Waals surface area contributed by atoms with Gasteiger partial charge in [-0.1, -0.05) is 124 Å². The average Bonchev–Trinajstić information content (AvgIpc) is 2.46. The molecular weight excluding hydrogens is 252 g/mol. The van der Waals surface area contributed by atoms with Crippen molar-refractivity contribution in [3.05, 3.63) is 0 Å². The first kappa shape index (κ1) is 21.0. The van der Waals surface area contributed by atoms with Crippen molar-refractivity contribution in [3.63, 3.8) is 0 Å². The standard InChI is InChI=1S/C21H44/c1-5-8-9-10-13-18-21(16-7-3)19-14-11-12-17-20(4)15-6-2/h20-21H,5-19H2,1-4H3. The number of rotatable bonds is 16. The van der Waals surface area contributed by atoms with E-state index in [9.17, 15) is 0 Å². The summed E-state index contributed by atoms with van der Waals surface area (Å²) in [5.41, 5.74) is 0. The van der Waals surface area contributed by atoms with Crippen LogP contribution in [0, 0.1) is 11.8 Å². The zero-order valence-electron chi connectivity index (χ0n) is 15.8. The van der Waals surface area contributed by atoms with E-state index in [-0.39, 0.29) is 0 Å². The van der Waals surface area contributed by atoms with Gasteiger partial charge in [-0.2, -0.15) is 0 Å². The molecule has 0 aromatic carbocycles. The van der Waals surface area contributed by atoms with Gasteiger partial charge in [0.1, 0.15) is 0 Å². The molecular formula is C21H44. The first-order valence-corrected chi connectivity index (χ1v) is 10.2. The summed E-state index contributed by atoms with van der Waals surface area (Å²) in [5.74, 6) is 1.99. The fourth-order valence-electron chi connectivity index (χ4n) is 3.62. The Morgan fingerprint density at radius 1 is 0.476 bits per heavy atom. The molecule has 0 saturated heterocycles. The van der Waals surface area contributed by atoms with E-state index < -0.39 is 0 Å². The van der Waals surface area contributed by atoms with Crippen molar-refractivity contribution in [3.8, 4) is 0 Å². The smallest absolute Gasteiger partial charge is 0.0414 e. The summed E-state index contributed by atoms with van der Waals surface area (Å²) in [6, 6.07) is 0. The summed E-state index contributed by atoms with van der Waals surface area (Å²) in [6.07, 6.45) is 21.8. The molecule has 0 heterocycles. The van der Waals surface area contributed by atoms with E-state index in [4.69, 9.17) is 0 Å². The van der Waals surface area contributed by atoms with Gasteiger partial charge in [-0.25, -0.2) is 0 Å². The van der Waals surface area contributed by atoms with Crippen LogP contribution < -0.4 is 0 Å². The summed E-state index contributed by atoms with van der Waals surface area (Å²) < 4.78 is 0. The van der Waals surface area contributed by atoms with Crippen molar-refractivity contribution in [2.45, 2.75) is 124 Å². The van der Waals surface area contributed by atoms with E-state index in [1.54, 1.807) is 0 Å². The molecule has 0 amide bonds. The number of hydrogen-bond acceptors (Lipinski definition) is 0. The number of hydrogen-bond donors (Lipinski definition) is 0. The lowest BCUT2D eigenvalue weighted by molar-refractivity contribution is 0.372. The molecule has 0 bridgehead atoms. The van der Waals surface area contributed by atoms with Crippen molar-refractivity contribution in [1.29, 1.82) is 0 Å². The van der Waals surface area contributed by atoms with Crippen molar-refractivity contribution < 1.29 is 0 Å². The molecule has 0 fully saturated rings. The van der Waals surface area contributed by atoms with E-state index in [2.05, 4.69) is 27.7 Å². The minimum Gasteiger partial charge on any atom is -0.0654 e. The lowest BCUT2D eigenvalue weighted by Gasteiger charge is -2.16. The maximum Gasteiger partial charge on any atom is -0.0414 e. The normalized spacial score (nSPS) is 14.3. The van der Waals surface area contributed by atoms with Crippen molar-refractivity contribution in [2.24, 2.45) is 11.8 Å². The number of unbranched alkanes of at least 4 members (excludes halogenated alkanes) is 6. The van der Waals surface area contributed by atoms with Gasteiger partial charge in [0.05, 0.1) is 0 Å². The largest absolute Gasteiger partial charge is 0.0654 e. The van der Waals surface area contributed by atoms with Gasteiger partial charge in [0.15, 0.2) is 0 Å². The van der Waals surface area contributed by atoms with Gasteiger partial charge in [-0.15, -0.1) is 0 Å². The molecule has 0 aromatic rings. The minimum atomic E-state index is 0.958. The minimum absolute atomic E-state index is 0.958. The fraction of sp³-hybridized carbons (Fsp3) is 1.00. The zero-order chi connectivity index (χ0) is 15.8. The van der Waals surface area contributed by atoms with Crippen LogP contribution in [-0.4, -0.2) is 0 Å². The Kier molecular flexibility index (Phi) is 16.4. The topological polar surface area (TPSA) is 0 Å². The van der Waals surface area contributed by atoms with E-state index in [0.29, 0.717) is 0 Å². The van der Waals surface area contributed by atoms with Crippen molar-refractivity contribution in [1.82, 2.24) is 0 Å². The Morgan fingerprint density at radius 3 is 1.57 bits per heavy atom. The van der Waals surface area contributed by atoms with Gasteiger partial charge in [-0.3, -0.25) is 0 Å². The molecule has 0 aliphatic rings. The van der Waals surface area contributed by atoms with Crippen LogP contribution >= 0.6 is 0 Å². The van der Waals surface area contributed by atoms with E-state index in [1.807, 2.05) is 0 Å². The maximum atomic E-state index is 2.43. The molecule has 0 rings (SSSR count). The highest BCUT2D eigenvalue weighted by molar-refractivity contribution is 4.61. The second kappa shape index (κ2) is 16.4. The molecule has 0 aromatic heterocycles. The Bertz CT molecular complexity index is 184. The molecule has 128 valence electrons. The molecule has 0 spiro atoms. The van der Waals surface area contributed by atoms with Gasteiger partial charge < -0.3 is 0 Å². The maximum absolute atomic E-state index is 2.43. The first-order valence-electron chi connectivity index (χ1n) is 10.2. The Labute approximate surface area is 136 Å². The second-order valence-corrected chi connectivity index (χ2v) is 7.39. The van der Waals surface area contributed by atoms with Gasteiger partial charge in [0.2, 0.25) is 0 Å². The van der Waals surface area contributed by atoms with E-state index in [1.165, 1.54) is 96.3 Å². The van der Waals surface area contributed by atoms with Gasteiger partial charge in [0, 0.05) is 0 Å². The molecule has 0 nitrogen and oxygen atoms in total. The molecule has 21 heavy (non-hydrogen) atoms. The second-order valence-electron chi connectivity index (χ2n) is 7.39. The highest BCUT2D eigenvalue weighted by Crippen LogP contribution is 2.23. The summed E-state index contributed by atoms with van der Waals surface area (Å²) >= 11 is 0. The lowest BCUT2D eigenvalue weighted by atomic mass is 9.90. The summed E-state index contributed by atoms with van der Waals surface area (Å²) in [5, 5.41) is 0. The van der Waals surface area contributed by atoms with E-state index >= 15 is 0 Å². The predicted octanol–water partition coefficient (Wildman–Crippen LogP) is 8.15. The highest BCUT2D eigenvalue weighted by Gasteiger charge is 2.08. The van der Waals surface area contributed by atoms with Gasteiger partial charge in [0.25, 0.3) is 0 Å². The first-order chi connectivity index (χ1) is 10.2. The van der Waals surface area contributed by atoms with Crippen molar-refractivity contribution >= 4 is 0 Å². The molecule has 0 aliphatic carbocycles. The lowest BCUT2D eigenvalue weighted by Crippen LogP contribution is -2.01. The highest BCUT2D eigenvalue weighted by atomic mass is 14.1. The van der Waals surface area contributed by atoms with Crippen LogP contribution in [0.5, 0.6) is 0 Å². The van der Waals surface area contributed by atoms with Crippen LogP contribution in [0.4, 0.5) is 0 Å². The molecule has 0 saturated carbocycles. The summed E-state index contributed by atoms with van der Waals surface area (Å²) in [6.45, 7) is 9.41. The fourth-order valence-corrected chi connectivity index (χ4v) is 3.62. The van der Waals surface area contributed by atoms with Crippen LogP contribution in [0.2, 0.25) is 0 Å². The van der Waals surface area contributed by atoms with Crippen molar-refractivity contribution in [2.75, 3.05) is 0 Å². The summed E-state index contributed by atoms with van der Waals surface area (Å²) in [7, 11) is 0. The average molecular weight is 297 g/mol. The molecule has 0 N–H and O–H groups in total. The molecule has 2 atom stereocenters. The van der Waals surface area contributed by atoms with Crippen LogP contribution in [0.25, 0.3) is 0 Å². The Hall–Kier alpha value is 0. The van der Waals surface area contributed by atoms with Crippen LogP contribution in [0.1, 0.15) is 124 Å². The van der Waals surface area contributed by atoms with E-state index in [0.717, 1.165) is 11.8 Å². The zero-order valence-corrected chi connectivity index (χ0v) is 15.8.